The zero-order valence-electron chi connectivity index (χ0n) is 12.1. The Morgan fingerprint density at radius 2 is 2.00 bits per heavy atom. The summed E-state index contributed by atoms with van der Waals surface area (Å²) in [5, 5.41) is 4.79. The van der Waals surface area contributed by atoms with Crippen molar-refractivity contribution in [2.75, 3.05) is 0 Å². The van der Waals surface area contributed by atoms with E-state index in [1.807, 2.05) is 39.0 Å². The molecule has 0 atom stereocenters. The van der Waals surface area contributed by atoms with Gasteiger partial charge in [0.1, 0.15) is 29.4 Å². The lowest BCUT2D eigenvalue weighted by Gasteiger charge is -2.10. The summed E-state index contributed by atoms with van der Waals surface area (Å²) < 4.78 is 16.0. The highest BCUT2D eigenvalue weighted by Gasteiger charge is 2.11. The molecule has 0 aliphatic rings. The van der Waals surface area contributed by atoms with Crippen LogP contribution in [-0.2, 0) is 6.61 Å². The topological polar surface area (TPSA) is 65.5 Å². The molecule has 0 saturated carbocycles. The molecule has 1 aromatic carbocycles. The predicted molar refractivity (Wildman–Crippen MR) is 77.5 cm³/mol. The molecule has 0 saturated heterocycles. The molecule has 0 spiro atoms. The Kier molecular flexibility index (Phi) is 3.25. The molecule has 0 fully saturated rings. The van der Waals surface area contributed by atoms with Gasteiger partial charge in [-0.3, -0.25) is 0 Å². The lowest BCUT2D eigenvalue weighted by molar-refractivity contribution is 0.286. The SMILES string of the molecule is Cc1cc(COc2ccc3c(C)cc(=O)oc3c2C)no1. The Morgan fingerprint density at radius 3 is 2.71 bits per heavy atom. The number of ether oxygens (including phenoxy) is 1. The first-order valence-corrected chi connectivity index (χ1v) is 6.63. The second-order valence-electron chi connectivity index (χ2n) is 5.03. The molecule has 2 heterocycles. The van der Waals surface area contributed by atoms with E-state index in [1.54, 1.807) is 0 Å². The minimum Gasteiger partial charge on any atom is -0.487 e. The van der Waals surface area contributed by atoms with E-state index in [9.17, 15) is 4.79 Å². The van der Waals surface area contributed by atoms with Crippen LogP contribution in [0.3, 0.4) is 0 Å². The summed E-state index contributed by atoms with van der Waals surface area (Å²) in [4.78, 5) is 11.5. The van der Waals surface area contributed by atoms with Gasteiger partial charge in [0.25, 0.3) is 0 Å². The van der Waals surface area contributed by atoms with Crippen LogP contribution < -0.4 is 10.4 Å². The Morgan fingerprint density at radius 1 is 1.19 bits per heavy atom. The maximum absolute atomic E-state index is 11.5. The normalized spacial score (nSPS) is 11.0. The molecule has 5 heteroatoms. The van der Waals surface area contributed by atoms with E-state index in [4.69, 9.17) is 13.7 Å². The molecule has 0 N–H and O–H groups in total. The third-order valence-corrected chi connectivity index (χ3v) is 3.37. The number of nitrogens with zero attached hydrogens (tertiary/aromatic N) is 1. The second kappa shape index (κ2) is 5.09. The Labute approximate surface area is 121 Å². The number of hydrogen-bond donors (Lipinski definition) is 0. The monoisotopic (exact) mass is 285 g/mol. The summed E-state index contributed by atoms with van der Waals surface area (Å²) in [6.07, 6.45) is 0. The molecule has 3 aromatic rings. The van der Waals surface area contributed by atoms with Crippen molar-refractivity contribution in [1.29, 1.82) is 0 Å². The van der Waals surface area contributed by atoms with Crippen molar-refractivity contribution in [3.05, 3.63) is 57.3 Å². The molecule has 0 bridgehead atoms. The van der Waals surface area contributed by atoms with Crippen molar-refractivity contribution in [2.45, 2.75) is 27.4 Å². The van der Waals surface area contributed by atoms with Crippen molar-refractivity contribution < 1.29 is 13.7 Å². The number of benzene rings is 1. The molecule has 0 aliphatic carbocycles. The van der Waals surface area contributed by atoms with Gasteiger partial charge in [0.05, 0.1) is 0 Å². The summed E-state index contributed by atoms with van der Waals surface area (Å²) in [6, 6.07) is 7.07. The van der Waals surface area contributed by atoms with Crippen LogP contribution in [0.1, 0.15) is 22.6 Å². The molecule has 0 amide bonds. The van der Waals surface area contributed by atoms with E-state index in [0.717, 1.165) is 28.0 Å². The van der Waals surface area contributed by atoms with Crippen LogP contribution >= 0.6 is 0 Å². The number of aromatic nitrogens is 1. The van der Waals surface area contributed by atoms with Crippen LogP contribution in [-0.4, -0.2) is 5.16 Å². The molecule has 21 heavy (non-hydrogen) atoms. The van der Waals surface area contributed by atoms with Gasteiger partial charge in [-0.05, 0) is 38.5 Å². The first-order valence-electron chi connectivity index (χ1n) is 6.63. The fraction of sp³-hybridized carbons (Fsp3) is 0.250. The average molecular weight is 285 g/mol. The van der Waals surface area contributed by atoms with Crippen LogP contribution in [0, 0.1) is 20.8 Å². The zero-order chi connectivity index (χ0) is 15.0. The first kappa shape index (κ1) is 13.4. The average Bonchev–Trinajstić information content (AvgIpc) is 2.84. The van der Waals surface area contributed by atoms with E-state index >= 15 is 0 Å². The second-order valence-corrected chi connectivity index (χ2v) is 5.03. The van der Waals surface area contributed by atoms with Gasteiger partial charge in [-0.15, -0.1) is 0 Å². The first-order chi connectivity index (χ1) is 10.0. The van der Waals surface area contributed by atoms with E-state index in [2.05, 4.69) is 5.16 Å². The fourth-order valence-electron chi connectivity index (χ4n) is 2.29. The zero-order valence-corrected chi connectivity index (χ0v) is 12.1. The quantitative estimate of drug-likeness (QED) is 0.691. The predicted octanol–water partition coefficient (Wildman–Crippen LogP) is 3.29. The van der Waals surface area contributed by atoms with Crippen LogP contribution in [0.25, 0.3) is 11.0 Å². The molecule has 0 radical (unpaired) electrons. The third-order valence-electron chi connectivity index (χ3n) is 3.37. The standard InChI is InChI=1S/C16H15NO4/c1-9-6-15(18)20-16-11(3)14(5-4-13(9)16)19-8-12-7-10(2)21-17-12/h4-7H,8H2,1-3H3. The Bertz CT molecular complexity index is 860. The van der Waals surface area contributed by atoms with Gasteiger partial charge in [-0.2, -0.15) is 0 Å². The molecular weight excluding hydrogens is 270 g/mol. The number of aryl methyl sites for hydroxylation is 3. The lowest BCUT2D eigenvalue weighted by Crippen LogP contribution is -2.01. The summed E-state index contributed by atoms with van der Waals surface area (Å²) in [7, 11) is 0. The lowest BCUT2D eigenvalue weighted by atomic mass is 10.1. The van der Waals surface area contributed by atoms with Crippen LogP contribution in [0.4, 0.5) is 0 Å². The summed E-state index contributed by atoms with van der Waals surface area (Å²) in [5.74, 6) is 1.40. The fourth-order valence-corrected chi connectivity index (χ4v) is 2.29. The number of rotatable bonds is 3. The highest BCUT2D eigenvalue weighted by atomic mass is 16.5. The van der Waals surface area contributed by atoms with Gasteiger partial charge in [0.2, 0.25) is 0 Å². The third kappa shape index (κ3) is 2.54. The molecule has 2 aromatic heterocycles. The van der Waals surface area contributed by atoms with Crippen LogP contribution in [0.5, 0.6) is 5.75 Å². The van der Waals surface area contributed by atoms with Crippen molar-refractivity contribution in [1.82, 2.24) is 5.16 Å². The smallest absolute Gasteiger partial charge is 0.336 e. The maximum Gasteiger partial charge on any atom is 0.336 e. The molecular formula is C16H15NO4. The van der Waals surface area contributed by atoms with Gasteiger partial charge >= 0.3 is 5.63 Å². The summed E-state index contributed by atoms with van der Waals surface area (Å²) >= 11 is 0. The number of hydrogen-bond acceptors (Lipinski definition) is 5. The molecule has 108 valence electrons. The minimum absolute atomic E-state index is 0.305. The summed E-state index contributed by atoms with van der Waals surface area (Å²) in [6.45, 7) is 5.89. The van der Waals surface area contributed by atoms with Gasteiger partial charge in [-0.1, -0.05) is 5.16 Å². The summed E-state index contributed by atoms with van der Waals surface area (Å²) in [5.41, 5.74) is 2.62. The molecule has 0 unspecified atom stereocenters. The minimum atomic E-state index is -0.354. The molecule has 0 aliphatic heterocycles. The van der Waals surface area contributed by atoms with Crippen molar-refractivity contribution >= 4 is 11.0 Å². The molecule has 3 rings (SSSR count). The molecule has 5 nitrogen and oxygen atoms in total. The van der Waals surface area contributed by atoms with Gasteiger partial charge < -0.3 is 13.7 Å². The maximum atomic E-state index is 11.5. The largest absolute Gasteiger partial charge is 0.487 e. The van der Waals surface area contributed by atoms with Crippen LogP contribution in [0.15, 0.2) is 38.0 Å². The van der Waals surface area contributed by atoms with Gasteiger partial charge in [0, 0.05) is 23.1 Å². The highest BCUT2D eigenvalue weighted by Crippen LogP contribution is 2.28. The van der Waals surface area contributed by atoms with E-state index in [1.165, 1.54) is 6.07 Å². The van der Waals surface area contributed by atoms with Gasteiger partial charge in [-0.25, -0.2) is 4.79 Å². The number of fused-ring (bicyclic) bond motifs is 1. The van der Waals surface area contributed by atoms with E-state index < -0.39 is 0 Å². The van der Waals surface area contributed by atoms with Crippen molar-refractivity contribution in [3.63, 3.8) is 0 Å². The Balaban J connectivity index is 1.96. The van der Waals surface area contributed by atoms with E-state index in [0.29, 0.717) is 17.9 Å². The van der Waals surface area contributed by atoms with Gasteiger partial charge in [0.15, 0.2) is 0 Å². The van der Waals surface area contributed by atoms with Crippen molar-refractivity contribution in [2.24, 2.45) is 0 Å². The van der Waals surface area contributed by atoms with E-state index in [-0.39, 0.29) is 5.63 Å². The Hall–Kier alpha value is -2.56. The highest BCUT2D eigenvalue weighted by molar-refractivity contribution is 5.84. The van der Waals surface area contributed by atoms with Crippen molar-refractivity contribution in [3.8, 4) is 5.75 Å². The van der Waals surface area contributed by atoms with Crippen LogP contribution in [0.2, 0.25) is 0 Å².